The lowest BCUT2D eigenvalue weighted by Crippen LogP contribution is -2.28. The van der Waals surface area contributed by atoms with Crippen LogP contribution in [0.15, 0.2) is 30.5 Å². The van der Waals surface area contributed by atoms with Crippen LogP contribution in [-0.4, -0.2) is 22.2 Å². The standard InChI is InChI=1S/C15H17N3O/c1-2-11(8-13(3-1)19-12-4-5-12)14-9-17-15-10-16-6-7-18(14)15/h1-3,8-9,12,16H,4-7,10H2. The lowest BCUT2D eigenvalue weighted by molar-refractivity contribution is 0.303. The lowest BCUT2D eigenvalue weighted by atomic mass is 10.1. The molecule has 1 saturated carbocycles. The van der Waals surface area contributed by atoms with Gasteiger partial charge in [0.1, 0.15) is 11.6 Å². The number of benzene rings is 1. The van der Waals surface area contributed by atoms with Crippen LogP contribution in [0.1, 0.15) is 18.7 Å². The summed E-state index contributed by atoms with van der Waals surface area (Å²) in [4.78, 5) is 4.50. The van der Waals surface area contributed by atoms with Gasteiger partial charge in [0.25, 0.3) is 0 Å². The fourth-order valence-electron chi connectivity index (χ4n) is 2.53. The van der Waals surface area contributed by atoms with Crippen LogP contribution in [-0.2, 0) is 13.1 Å². The summed E-state index contributed by atoms with van der Waals surface area (Å²) >= 11 is 0. The Bertz CT molecular complexity index is 601. The fraction of sp³-hybridized carbons (Fsp3) is 0.400. The second-order valence-corrected chi connectivity index (χ2v) is 5.23. The Hall–Kier alpha value is -1.81. The smallest absolute Gasteiger partial charge is 0.123 e. The van der Waals surface area contributed by atoms with E-state index in [1.54, 1.807) is 0 Å². The second-order valence-electron chi connectivity index (χ2n) is 5.23. The third kappa shape index (κ3) is 2.12. The minimum absolute atomic E-state index is 0.443. The Balaban J connectivity index is 1.69. The molecule has 0 bridgehead atoms. The maximum Gasteiger partial charge on any atom is 0.123 e. The number of nitrogens with zero attached hydrogens (tertiary/aromatic N) is 2. The van der Waals surface area contributed by atoms with Gasteiger partial charge in [-0.05, 0) is 25.0 Å². The van der Waals surface area contributed by atoms with Crippen molar-refractivity contribution in [3.8, 4) is 17.0 Å². The molecular formula is C15H17N3O. The summed E-state index contributed by atoms with van der Waals surface area (Å²) in [6.45, 7) is 2.85. The number of fused-ring (bicyclic) bond motifs is 1. The molecule has 0 spiro atoms. The first kappa shape index (κ1) is 11.1. The van der Waals surface area contributed by atoms with Gasteiger partial charge in [-0.15, -0.1) is 0 Å². The molecule has 0 amide bonds. The van der Waals surface area contributed by atoms with E-state index in [0.717, 1.165) is 31.2 Å². The molecule has 2 aromatic rings. The number of imidazole rings is 1. The molecule has 1 aliphatic heterocycles. The highest BCUT2D eigenvalue weighted by Crippen LogP contribution is 2.30. The van der Waals surface area contributed by atoms with Crippen LogP contribution in [0.3, 0.4) is 0 Å². The van der Waals surface area contributed by atoms with Crippen LogP contribution in [0.2, 0.25) is 0 Å². The summed E-state index contributed by atoms with van der Waals surface area (Å²) in [6.07, 6.45) is 4.80. The van der Waals surface area contributed by atoms with E-state index in [1.807, 2.05) is 12.3 Å². The Morgan fingerprint density at radius 1 is 1.32 bits per heavy atom. The molecule has 2 heterocycles. The minimum atomic E-state index is 0.443. The number of nitrogens with one attached hydrogen (secondary N) is 1. The van der Waals surface area contributed by atoms with E-state index < -0.39 is 0 Å². The van der Waals surface area contributed by atoms with Crippen LogP contribution < -0.4 is 10.1 Å². The van der Waals surface area contributed by atoms with Crippen LogP contribution >= 0.6 is 0 Å². The molecule has 0 atom stereocenters. The van der Waals surface area contributed by atoms with Gasteiger partial charge in [-0.25, -0.2) is 4.98 Å². The summed E-state index contributed by atoms with van der Waals surface area (Å²) in [5.41, 5.74) is 2.39. The Labute approximate surface area is 112 Å². The first-order valence-electron chi connectivity index (χ1n) is 6.92. The zero-order valence-corrected chi connectivity index (χ0v) is 10.8. The van der Waals surface area contributed by atoms with Gasteiger partial charge in [-0.2, -0.15) is 0 Å². The highest BCUT2D eigenvalue weighted by atomic mass is 16.5. The van der Waals surface area contributed by atoms with Crippen molar-refractivity contribution in [3.63, 3.8) is 0 Å². The molecule has 1 aromatic heterocycles. The number of hydrogen-bond donors (Lipinski definition) is 1. The molecule has 1 aliphatic carbocycles. The minimum Gasteiger partial charge on any atom is -0.490 e. The van der Waals surface area contributed by atoms with E-state index in [9.17, 15) is 0 Å². The van der Waals surface area contributed by atoms with Crippen molar-refractivity contribution in [2.45, 2.75) is 32.0 Å². The van der Waals surface area contributed by atoms with E-state index in [2.05, 4.69) is 33.1 Å². The van der Waals surface area contributed by atoms with Gasteiger partial charge < -0.3 is 14.6 Å². The zero-order chi connectivity index (χ0) is 12.7. The molecule has 19 heavy (non-hydrogen) atoms. The maximum atomic E-state index is 5.87. The Morgan fingerprint density at radius 2 is 2.26 bits per heavy atom. The third-order valence-electron chi connectivity index (χ3n) is 3.69. The van der Waals surface area contributed by atoms with Crippen molar-refractivity contribution in [1.82, 2.24) is 14.9 Å². The van der Waals surface area contributed by atoms with Crippen molar-refractivity contribution in [1.29, 1.82) is 0 Å². The van der Waals surface area contributed by atoms with E-state index in [-0.39, 0.29) is 0 Å². The van der Waals surface area contributed by atoms with E-state index in [1.165, 1.54) is 24.1 Å². The molecule has 1 aromatic carbocycles. The van der Waals surface area contributed by atoms with Gasteiger partial charge in [0.15, 0.2) is 0 Å². The van der Waals surface area contributed by atoms with Gasteiger partial charge >= 0.3 is 0 Å². The van der Waals surface area contributed by atoms with Gasteiger partial charge in [0.05, 0.1) is 24.5 Å². The second kappa shape index (κ2) is 4.38. The first-order chi connectivity index (χ1) is 9.40. The van der Waals surface area contributed by atoms with Crippen LogP contribution in [0.25, 0.3) is 11.3 Å². The first-order valence-corrected chi connectivity index (χ1v) is 6.92. The van der Waals surface area contributed by atoms with Crippen LogP contribution in [0.5, 0.6) is 5.75 Å². The Morgan fingerprint density at radius 3 is 3.16 bits per heavy atom. The molecule has 4 nitrogen and oxygen atoms in total. The molecule has 0 saturated heterocycles. The average molecular weight is 255 g/mol. The number of ether oxygens (including phenoxy) is 1. The van der Waals surface area contributed by atoms with Gasteiger partial charge in [0, 0.05) is 18.7 Å². The largest absolute Gasteiger partial charge is 0.490 e. The molecule has 1 fully saturated rings. The molecule has 0 unspecified atom stereocenters. The zero-order valence-electron chi connectivity index (χ0n) is 10.8. The molecule has 1 N–H and O–H groups in total. The van der Waals surface area contributed by atoms with Gasteiger partial charge in [-0.3, -0.25) is 0 Å². The maximum absolute atomic E-state index is 5.87. The molecule has 98 valence electrons. The lowest BCUT2D eigenvalue weighted by Gasteiger charge is -2.17. The average Bonchev–Trinajstić information content (AvgIpc) is 3.16. The Kier molecular flexibility index (Phi) is 2.55. The van der Waals surface area contributed by atoms with Gasteiger partial charge in [-0.1, -0.05) is 12.1 Å². The van der Waals surface area contributed by atoms with Gasteiger partial charge in [0.2, 0.25) is 0 Å². The monoisotopic (exact) mass is 255 g/mol. The summed E-state index contributed by atoms with van der Waals surface area (Å²) in [6, 6.07) is 8.36. The summed E-state index contributed by atoms with van der Waals surface area (Å²) in [7, 11) is 0. The molecule has 0 radical (unpaired) electrons. The molecular weight excluding hydrogens is 238 g/mol. The van der Waals surface area contributed by atoms with Crippen molar-refractivity contribution >= 4 is 0 Å². The summed E-state index contributed by atoms with van der Waals surface area (Å²) in [5, 5.41) is 3.34. The van der Waals surface area contributed by atoms with E-state index in [4.69, 9.17) is 4.74 Å². The quantitative estimate of drug-likeness (QED) is 0.913. The molecule has 4 rings (SSSR count). The van der Waals surface area contributed by atoms with Crippen molar-refractivity contribution in [2.24, 2.45) is 0 Å². The number of rotatable bonds is 3. The number of hydrogen-bond acceptors (Lipinski definition) is 3. The predicted octanol–water partition coefficient (Wildman–Crippen LogP) is 2.19. The SMILES string of the molecule is c1cc(OC2CC2)cc(-c2cnc3n2CCNC3)c1. The van der Waals surface area contributed by atoms with Crippen LogP contribution in [0, 0.1) is 0 Å². The third-order valence-corrected chi connectivity index (χ3v) is 3.69. The van der Waals surface area contributed by atoms with E-state index >= 15 is 0 Å². The summed E-state index contributed by atoms with van der Waals surface area (Å²) in [5.74, 6) is 2.10. The van der Waals surface area contributed by atoms with Crippen molar-refractivity contribution in [2.75, 3.05) is 6.54 Å². The topological polar surface area (TPSA) is 39.1 Å². The highest BCUT2D eigenvalue weighted by Gasteiger charge is 2.23. The predicted molar refractivity (Wildman–Crippen MR) is 73.0 cm³/mol. The summed E-state index contributed by atoms with van der Waals surface area (Å²) < 4.78 is 8.16. The molecule has 2 aliphatic rings. The normalized spacial score (nSPS) is 18.1. The van der Waals surface area contributed by atoms with E-state index in [0.29, 0.717) is 6.10 Å². The molecule has 4 heteroatoms. The number of aromatic nitrogens is 2. The fourth-order valence-corrected chi connectivity index (χ4v) is 2.53. The van der Waals surface area contributed by atoms with Crippen molar-refractivity contribution in [3.05, 3.63) is 36.3 Å². The van der Waals surface area contributed by atoms with Crippen LogP contribution in [0.4, 0.5) is 0 Å². The van der Waals surface area contributed by atoms with Crippen molar-refractivity contribution < 1.29 is 4.74 Å². The highest BCUT2D eigenvalue weighted by molar-refractivity contribution is 5.61.